The molecule has 0 unspecified atom stereocenters. The second-order valence-electron chi connectivity index (χ2n) is 14.0. The largest absolute Gasteiger partial charge is 0.454 e. The number of rotatable bonds is 3. The van der Waals surface area contributed by atoms with Crippen molar-refractivity contribution < 1.29 is 18.9 Å². The van der Waals surface area contributed by atoms with Crippen molar-refractivity contribution in [2.45, 2.75) is 56.5 Å². The second kappa shape index (κ2) is 12.5. The number of hydrogen-bond donors (Lipinski definition) is 2. The van der Waals surface area contributed by atoms with Crippen molar-refractivity contribution in [1.29, 1.82) is 0 Å². The van der Waals surface area contributed by atoms with Crippen molar-refractivity contribution in [2.75, 3.05) is 24.2 Å². The molecule has 0 amide bonds. The molecule has 10 rings (SSSR count). The van der Waals surface area contributed by atoms with Crippen LogP contribution in [-0.4, -0.2) is 13.6 Å². The highest BCUT2D eigenvalue weighted by molar-refractivity contribution is 9.10. The molecule has 6 atom stereocenters. The van der Waals surface area contributed by atoms with Crippen LogP contribution >= 0.6 is 31.9 Å². The molecule has 4 aliphatic heterocycles. The van der Waals surface area contributed by atoms with Gasteiger partial charge in [0.2, 0.25) is 13.6 Å². The van der Waals surface area contributed by atoms with Crippen LogP contribution in [0.3, 0.4) is 0 Å². The van der Waals surface area contributed by atoms with Crippen molar-refractivity contribution in [3.05, 3.63) is 128 Å². The van der Waals surface area contributed by atoms with Gasteiger partial charge in [-0.05, 0) is 94.8 Å². The molecule has 0 radical (unpaired) electrons. The smallest absolute Gasteiger partial charge is 0.231 e. The van der Waals surface area contributed by atoms with E-state index in [1.165, 1.54) is 39.2 Å². The van der Waals surface area contributed by atoms with Crippen LogP contribution in [0.1, 0.15) is 84.3 Å². The lowest BCUT2D eigenvalue weighted by Crippen LogP contribution is -2.29. The minimum absolute atomic E-state index is 0.247. The predicted molar refractivity (Wildman–Crippen MR) is 200 cm³/mol. The lowest BCUT2D eigenvalue weighted by Gasteiger charge is -2.38. The molecular weight excluding hydrogens is 744 g/mol. The molecule has 4 aromatic carbocycles. The second-order valence-corrected chi connectivity index (χ2v) is 15.7. The van der Waals surface area contributed by atoms with Crippen molar-refractivity contribution in [3.63, 3.8) is 0 Å². The molecule has 0 aromatic heterocycles. The van der Waals surface area contributed by atoms with E-state index in [9.17, 15) is 0 Å². The van der Waals surface area contributed by atoms with Crippen molar-refractivity contribution in [1.82, 2.24) is 0 Å². The van der Waals surface area contributed by atoms with Gasteiger partial charge in [0.15, 0.2) is 23.0 Å². The number of anilines is 2. The molecule has 8 heteroatoms. The fourth-order valence-electron chi connectivity index (χ4n) is 8.47. The zero-order valence-electron chi connectivity index (χ0n) is 27.4. The van der Waals surface area contributed by atoms with Crippen LogP contribution in [0, 0.1) is 11.8 Å². The van der Waals surface area contributed by atoms with Crippen LogP contribution in [0.15, 0.2) is 100.0 Å². The van der Waals surface area contributed by atoms with E-state index in [0.717, 1.165) is 44.8 Å². The minimum atomic E-state index is 0.247. The Bertz CT molecular complexity index is 2010. The SMILES string of the molecule is Brc1cc2c(cc1[C@@H]1Nc3ccccc3[C@@H]3C=CC[C@@H]31)OCO2.CC(C)c1ccc2c(c1)[C@@H]1C=CC[C@@H]1[C@H](c1cc3c(cc1Br)OCO3)N2. The first-order valence-corrected chi connectivity index (χ1v) is 18.8. The van der Waals surface area contributed by atoms with Crippen molar-refractivity contribution in [2.24, 2.45) is 11.8 Å². The van der Waals surface area contributed by atoms with Crippen LogP contribution in [-0.2, 0) is 0 Å². The van der Waals surface area contributed by atoms with Crippen molar-refractivity contribution >= 4 is 43.2 Å². The van der Waals surface area contributed by atoms with E-state index in [1.54, 1.807) is 0 Å². The van der Waals surface area contributed by atoms with Gasteiger partial charge in [-0.25, -0.2) is 0 Å². The summed E-state index contributed by atoms with van der Waals surface area (Å²) in [7, 11) is 0. The maximum Gasteiger partial charge on any atom is 0.231 e. The Hall–Kier alpha value is -3.88. The van der Waals surface area contributed by atoms with E-state index in [2.05, 4.69) is 135 Å². The molecule has 6 nitrogen and oxygen atoms in total. The molecule has 0 saturated heterocycles. The highest BCUT2D eigenvalue weighted by Gasteiger charge is 2.40. The third kappa shape index (κ3) is 5.42. The van der Waals surface area contributed by atoms with Crippen LogP contribution < -0.4 is 29.6 Å². The number of hydrogen-bond acceptors (Lipinski definition) is 6. The quantitative estimate of drug-likeness (QED) is 0.202. The maximum atomic E-state index is 5.62. The predicted octanol–water partition coefficient (Wildman–Crippen LogP) is 11.1. The highest BCUT2D eigenvalue weighted by Crippen LogP contribution is 2.54. The molecule has 0 fully saturated rings. The van der Waals surface area contributed by atoms with E-state index < -0.39 is 0 Å². The van der Waals surface area contributed by atoms with Gasteiger partial charge in [0.05, 0.1) is 12.1 Å². The summed E-state index contributed by atoms with van der Waals surface area (Å²) in [4.78, 5) is 0. The summed E-state index contributed by atoms with van der Waals surface area (Å²) < 4.78 is 24.3. The zero-order valence-corrected chi connectivity index (χ0v) is 30.6. The monoisotopic (exact) mass is 780 g/mol. The average Bonchev–Trinajstić information content (AvgIpc) is 3.94. The fraction of sp³-hybridized carbons (Fsp3) is 0.317. The van der Waals surface area contributed by atoms with Gasteiger partial charge < -0.3 is 29.6 Å². The van der Waals surface area contributed by atoms with Gasteiger partial charge in [0.25, 0.3) is 0 Å². The summed E-state index contributed by atoms with van der Waals surface area (Å²) >= 11 is 7.48. The Morgan fingerprint density at radius 1 is 0.592 bits per heavy atom. The summed E-state index contributed by atoms with van der Waals surface area (Å²) in [5.74, 6) is 5.85. The van der Waals surface area contributed by atoms with E-state index in [-0.39, 0.29) is 12.1 Å². The van der Waals surface area contributed by atoms with E-state index in [4.69, 9.17) is 18.9 Å². The molecule has 2 N–H and O–H groups in total. The Balaban J connectivity index is 0.000000134. The number of ether oxygens (including phenoxy) is 4. The maximum absolute atomic E-state index is 5.62. The summed E-state index contributed by atoms with van der Waals surface area (Å²) in [5, 5.41) is 7.57. The fourth-order valence-corrected chi connectivity index (χ4v) is 9.61. The molecule has 0 saturated carbocycles. The van der Waals surface area contributed by atoms with E-state index in [1.807, 2.05) is 12.1 Å². The lowest BCUT2D eigenvalue weighted by atomic mass is 9.76. The third-order valence-electron chi connectivity index (χ3n) is 11.0. The molecule has 0 spiro atoms. The first-order chi connectivity index (χ1) is 23.9. The number of halogens is 2. The number of benzene rings is 4. The third-order valence-corrected chi connectivity index (χ3v) is 12.4. The zero-order chi connectivity index (χ0) is 33.2. The van der Waals surface area contributed by atoms with Crippen LogP contribution in [0.25, 0.3) is 0 Å². The summed E-state index contributed by atoms with van der Waals surface area (Å²) in [6.45, 7) is 5.12. The molecule has 2 aliphatic carbocycles. The molecule has 49 heavy (non-hydrogen) atoms. The number of nitrogens with one attached hydrogen (secondary N) is 2. The minimum Gasteiger partial charge on any atom is -0.454 e. The van der Waals surface area contributed by atoms with Gasteiger partial charge >= 0.3 is 0 Å². The molecule has 0 bridgehead atoms. The number of allylic oxidation sites excluding steroid dienone is 4. The lowest BCUT2D eigenvalue weighted by molar-refractivity contribution is 0.173. The topological polar surface area (TPSA) is 61.0 Å². The van der Waals surface area contributed by atoms with Gasteiger partial charge in [-0.2, -0.15) is 0 Å². The van der Waals surface area contributed by atoms with Gasteiger partial charge in [-0.3, -0.25) is 0 Å². The normalized spacial score (nSPS) is 25.8. The average molecular weight is 783 g/mol. The van der Waals surface area contributed by atoms with Gasteiger partial charge in [0, 0.05) is 32.2 Å². The summed E-state index contributed by atoms with van der Waals surface area (Å²) in [6, 6.07) is 24.3. The molecule has 6 aliphatic rings. The van der Waals surface area contributed by atoms with Crippen LogP contribution in [0.4, 0.5) is 11.4 Å². The summed E-state index contributed by atoms with van der Waals surface area (Å²) in [6.07, 6.45) is 11.6. The number of para-hydroxylation sites is 1. The van der Waals surface area contributed by atoms with E-state index >= 15 is 0 Å². The van der Waals surface area contributed by atoms with Crippen molar-refractivity contribution in [3.8, 4) is 23.0 Å². The number of fused-ring (bicyclic) bond motifs is 8. The summed E-state index contributed by atoms with van der Waals surface area (Å²) in [5.41, 5.74) is 9.20. The first kappa shape index (κ1) is 31.1. The molecular formula is C41H38Br2N2O4. The molecule has 4 heterocycles. The van der Waals surface area contributed by atoms with Gasteiger partial charge in [0.1, 0.15) is 0 Å². The Morgan fingerprint density at radius 3 is 1.67 bits per heavy atom. The van der Waals surface area contributed by atoms with Gasteiger partial charge in [-0.1, -0.05) is 100 Å². The Labute approximate surface area is 304 Å². The van der Waals surface area contributed by atoms with Crippen LogP contribution in [0.2, 0.25) is 0 Å². The first-order valence-electron chi connectivity index (χ1n) is 17.2. The van der Waals surface area contributed by atoms with Gasteiger partial charge in [-0.15, -0.1) is 0 Å². The highest BCUT2D eigenvalue weighted by atomic mass is 79.9. The molecule has 250 valence electrons. The van der Waals surface area contributed by atoms with Crippen LogP contribution in [0.5, 0.6) is 23.0 Å². The van der Waals surface area contributed by atoms with E-state index in [0.29, 0.717) is 43.2 Å². The Kier molecular flexibility index (Phi) is 7.92. The standard InChI is InChI=1S/C22H22BrNO2.C19H16BrNO2/c1-12(2)13-6-7-19-16(8-13)14-4-3-5-15(14)22(24-19)17-9-20-21(10-18(17)23)26-11-25-20;20-15-9-18-17(22-10-23-18)8-14(15)19-13-6-3-5-11(13)12-4-1-2-7-16(12)21-19/h3-4,6-10,12,14-15,22,24H,5,11H2,1-2H3;1-5,7-9,11,13,19,21H,6,10H2/t14-,15+,22-;11-,13-,19+/m10/s1. The Morgan fingerprint density at radius 2 is 1.10 bits per heavy atom. The molecule has 4 aromatic rings.